The highest BCUT2D eigenvalue weighted by Crippen LogP contribution is 2.35. The van der Waals surface area contributed by atoms with E-state index in [1.165, 1.54) is 4.68 Å². The van der Waals surface area contributed by atoms with Crippen LogP contribution in [0, 0.1) is 0 Å². The van der Waals surface area contributed by atoms with Gasteiger partial charge in [-0.25, -0.2) is 0 Å². The molecular weight excluding hydrogens is 387 g/mol. The van der Waals surface area contributed by atoms with Gasteiger partial charge in [0.15, 0.2) is 16.9 Å². The molecule has 1 aliphatic rings. The van der Waals surface area contributed by atoms with Crippen LogP contribution in [0.4, 0.5) is 13.2 Å². The number of rotatable bonds is 4. The maximum Gasteiger partial charge on any atom is 0.435 e. The number of fused-ring (bicyclic) bond motifs is 2. The number of nitrogens with zero attached hydrogens (tertiary/aromatic N) is 2. The monoisotopic (exact) mass is 405 g/mol. The first-order chi connectivity index (χ1) is 13.8. The number of hydrogen-bond acceptors (Lipinski definition) is 4. The normalized spacial score (nSPS) is 14.0. The molecule has 0 fully saturated rings. The lowest BCUT2D eigenvalue weighted by molar-refractivity contribution is -0.142. The highest BCUT2D eigenvalue weighted by atomic mass is 19.4. The molecule has 152 valence electrons. The summed E-state index contributed by atoms with van der Waals surface area (Å²) in [7, 11) is 0. The first kappa shape index (κ1) is 19.2. The molecule has 1 aliphatic carbocycles. The Morgan fingerprint density at radius 3 is 2.76 bits per heavy atom. The summed E-state index contributed by atoms with van der Waals surface area (Å²) in [6, 6.07) is 7.67. The molecule has 0 saturated heterocycles. The molecule has 0 bridgehead atoms. The van der Waals surface area contributed by atoms with Gasteiger partial charge in [-0.05, 0) is 37.8 Å². The number of para-hydroxylation sites is 1. The maximum atomic E-state index is 13.2. The van der Waals surface area contributed by atoms with Crippen molar-refractivity contribution in [2.45, 2.75) is 38.4 Å². The molecule has 0 saturated carbocycles. The van der Waals surface area contributed by atoms with Gasteiger partial charge in [0, 0.05) is 23.9 Å². The van der Waals surface area contributed by atoms with Gasteiger partial charge in [0.25, 0.3) is 5.91 Å². The van der Waals surface area contributed by atoms with Crippen molar-refractivity contribution in [2.24, 2.45) is 0 Å². The van der Waals surface area contributed by atoms with E-state index >= 15 is 0 Å². The average molecular weight is 405 g/mol. The van der Waals surface area contributed by atoms with Crippen molar-refractivity contribution in [1.29, 1.82) is 0 Å². The van der Waals surface area contributed by atoms with Gasteiger partial charge in [-0.2, -0.15) is 18.3 Å². The fourth-order valence-corrected chi connectivity index (χ4v) is 3.66. The predicted molar refractivity (Wildman–Crippen MR) is 98.7 cm³/mol. The summed E-state index contributed by atoms with van der Waals surface area (Å²) in [4.78, 5) is 24.4. The molecular formula is C20H18F3N3O3. The van der Waals surface area contributed by atoms with Crippen LogP contribution < -0.4 is 10.7 Å². The van der Waals surface area contributed by atoms with Gasteiger partial charge < -0.3 is 9.73 Å². The summed E-state index contributed by atoms with van der Waals surface area (Å²) in [5, 5.41) is 6.70. The van der Waals surface area contributed by atoms with Crippen LogP contribution in [0.2, 0.25) is 0 Å². The van der Waals surface area contributed by atoms with Crippen molar-refractivity contribution < 1.29 is 22.4 Å². The second kappa shape index (κ2) is 7.38. The lowest BCUT2D eigenvalue weighted by Gasteiger charge is -2.14. The quantitative estimate of drug-likeness (QED) is 0.723. The zero-order valence-corrected chi connectivity index (χ0v) is 15.4. The molecule has 3 aromatic rings. The molecule has 4 rings (SSSR count). The fraction of sp³-hybridized carbons (Fsp3) is 0.350. The second-order valence-corrected chi connectivity index (χ2v) is 6.93. The summed E-state index contributed by atoms with van der Waals surface area (Å²) in [6.45, 7) is 0.156. The van der Waals surface area contributed by atoms with E-state index in [1.54, 1.807) is 24.3 Å². The minimum atomic E-state index is -4.50. The van der Waals surface area contributed by atoms with Gasteiger partial charge in [-0.3, -0.25) is 14.3 Å². The predicted octanol–water partition coefficient (Wildman–Crippen LogP) is 3.32. The number of carbonyl (C=O) groups is 1. The molecule has 6 nitrogen and oxygen atoms in total. The van der Waals surface area contributed by atoms with Crippen LogP contribution in [0.5, 0.6) is 0 Å². The smallest absolute Gasteiger partial charge is 0.435 e. The zero-order chi connectivity index (χ0) is 20.6. The molecule has 0 aliphatic heterocycles. The van der Waals surface area contributed by atoms with Crippen molar-refractivity contribution in [1.82, 2.24) is 15.1 Å². The van der Waals surface area contributed by atoms with E-state index in [2.05, 4.69) is 10.4 Å². The zero-order valence-electron chi connectivity index (χ0n) is 15.4. The van der Waals surface area contributed by atoms with Crippen LogP contribution in [-0.2, 0) is 25.6 Å². The molecule has 2 aromatic heterocycles. The van der Waals surface area contributed by atoms with Gasteiger partial charge in [-0.15, -0.1) is 0 Å². The Hall–Kier alpha value is -3.10. The first-order valence-corrected chi connectivity index (χ1v) is 9.31. The lowest BCUT2D eigenvalue weighted by atomic mass is 9.95. The van der Waals surface area contributed by atoms with E-state index in [4.69, 9.17) is 4.42 Å². The van der Waals surface area contributed by atoms with Crippen LogP contribution in [0.3, 0.4) is 0 Å². The van der Waals surface area contributed by atoms with Crippen molar-refractivity contribution in [3.8, 4) is 0 Å². The SMILES string of the molecule is O=C(NCCn1nc(C(F)(F)F)c2c1CCCC2)c1cc(=O)c2ccccc2o1. The summed E-state index contributed by atoms with van der Waals surface area (Å²) in [5.41, 5.74) is -0.0428. The van der Waals surface area contributed by atoms with E-state index in [0.717, 1.165) is 12.5 Å². The average Bonchev–Trinajstić information content (AvgIpc) is 3.07. The molecule has 29 heavy (non-hydrogen) atoms. The lowest BCUT2D eigenvalue weighted by Crippen LogP contribution is -2.29. The highest BCUT2D eigenvalue weighted by Gasteiger charge is 2.39. The minimum absolute atomic E-state index is 0.0563. The molecule has 1 amide bonds. The van der Waals surface area contributed by atoms with Crippen molar-refractivity contribution in [2.75, 3.05) is 6.54 Å². The number of halogens is 3. The molecule has 9 heteroatoms. The summed E-state index contributed by atoms with van der Waals surface area (Å²) < 4.78 is 46.5. The van der Waals surface area contributed by atoms with Crippen molar-refractivity contribution in [3.05, 3.63) is 63.3 Å². The van der Waals surface area contributed by atoms with Crippen LogP contribution in [0.1, 0.15) is 40.3 Å². The topological polar surface area (TPSA) is 77.1 Å². The van der Waals surface area contributed by atoms with Crippen molar-refractivity contribution in [3.63, 3.8) is 0 Å². The number of aromatic nitrogens is 2. The Balaban J connectivity index is 1.49. The number of nitrogens with one attached hydrogen (secondary N) is 1. The molecule has 0 unspecified atom stereocenters. The van der Waals surface area contributed by atoms with Gasteiger partial charge in [0.05, 0.1) is 11.9 Å². The third-order valence-electron chi connectivity index (χ3n) is 4.99. The van der Waals surface area contributed by atoms with E-state index in [9.17, 15) is 22.8 Å². The standard InChI is InChI=1S/C20H18F3N3O3/c21-20(22,23)18-12-5-1-3-7-14(12)26(25-18)10-9-24-19(28)17-11-15(27)13-6-2-4-8-16(13)29-17/h2,4,6,8,11H,1,3,5,7,9-10H2,(H,24,28). The van der Waals surface area contributed by atoms with Crippen LogP contribution in [-0.4, -0.2) is 22.2 Å². The van der Waals surface area contributed by atoms with Gasteiger partial charge >= 0.3 is 6.18 Å². The Morgan fingerprint density at radius 1 is 1.21 bits per heavy atom. The summed E-state index contributed by atoms with van der Waals surface area (Å²) in [5.74, 6) is -0.753. The number of hydrogen-bond donors (Lipinski definition) is 1. The Bertz CT molecular complexity index is 1130. The molecule has 0 radical (unpaired) electrons. The number of alkyl halides is 3. The number of carbonyl (C=O) groups excluding carboxylic acids is 1. The molecule has 1 aromatic carbocycles. The fourth-order valence-electron chi connectivity index (χ4n) is 3.66. The van der Waals surface area contributed by atoms with E-state index in [-0.39, 0.29) is 29.8 Å². The van der Waals surface area contributed by atoms with Crippen molar-refractivity contribution >= 4 is 16.9 Å². The van der Waals surface area contributed by atoms with Gasteiger partial charge in [0.1, 0.15) is 5.58 Å². The Morgan fingerprint density at radius 2 is 1.97 bits per heavy atom. The maximum absolute atomic E-state index is 13.2. The molecule has 2 heterocycles. The van der Waals surface area contributed by atoms with E-state index in [1.807, 2.05) is 0 Å². The third-order valence-corrected chi connectivity index (χ3v) is 4.99. The Kier molecular flexibility index (Phi) is 4.89. The van der Waals surface area contributed by atoms with Gasteiger partial charge in [-0.1, -0.05) is 12.1 Å². The molecule has 1 N–H and O–H groups in total. The Labute approximate surface area is 163 Å². The molecule has 0 atom stereocenters. The summed E-state index contributed by atoms with van der Waals surface area (Å²) in [6.07, 6.45) is -2.08. The van der Waals surface area contributed by atoms with Crippen LogP contribution >= 0.6 is 0 Å². The van der Waals surface area contributed by atoms with E-state index < -0.39 is 17.8 Å². The summed E-state index contributed by atoms with van der Waals surface area (Å²) >= 11 is 0. The third kappa shape index (κ3) is 3.76. The number of amides is 1. The minimum Gasteiger partial charge on any atom is -0.451 e. The number of benzene rings is 1. The first-order valence-electron chi connectivity index (χ1n) is 9.31. The highest BCUT2D eigenvalue weighted by molar-refractivity contribution is 5.93. The largest absolute Gasteiger partial charge is 0.451 e. The van der Waals surface area contributed by atoms with Crippen LogP contribution in [0.15, 0.2) is 39.5 Å². The van der Waals surface area contributed by atoms with Crippen LogP contribution in [0.25, 0.3) is 11.0 Å². The van der Waals surface area contributed by atoms with Gasteiger partial charge in [0.2, 0.25) is 0 Å². The second-order valence-electron chi connectivity index (χ2n) is 6.93. The molecule has 0 spiro atoms. The van der Waals surface area contributed by atoms with E-state index in [0.29, 0.717) is 35.9 Å².